The fraction of sp³-hybridized carbons (Fsp3) is 0.950. The zero-order valence-electron chi connectivity index (χ0n) is 18.1. The number of nitrogens with two attached hydrogens (primary N) is 1. The number of carbonyl (C=O) groups excluding carboxylic acids is 1. The van der Waals surface area contributed by atoms with Gasteiger partial charge in [-0.3, -0.25) is 4.79 Å². The van der Waals surface area contributed by atoms with E-state index < -0.39 is 18.1 Å². The Kier molecular flexibility index (Phi) is 22.9. The molecule has 0 aliphatic carbocycles. The van der Waals surface area contributed by atoms with Gasteiger partial charge < -0.3 is 17.0 Å². The minimum Gasteiger partial charge on any atom is -1.00 e. The molecule has 2 atom stereocenters. The first kappa shape index (κ1) is 27.6. The maximum absolute atomic E-state index is 11.4. The van der Waals surface area contributed by atoms with E-state index >= 15 is 0 Å². The van der Waals surface area contributed by atoms with Crippen LogP contribution >= 0.6 is 0 Å². The van der Waals surface area contributed by atoms with Crippen LogP contribution in [-0.4, -0.2) is 29.8 Å². The maximum atomic E-state index is 11.4. The van der Waals surface area contributed by atoms with Gasteiger partial charge in [0, 0.05) is 0 Å². The fourth-order valence-electron chi connectivity index (χ4n) is 2.76. The largest absolute Gasteiger partial charge is 1.00 e. The summed E-state index contributed by atoms with van der Waals surface area (Å²) in [6, 6.07) is -0.920. The van der Waals surface area contributed by atoms with Crippen molar-refractivity contribution in [3.63, 3.8) is 0 Å². The van der Waals surface area contributed by atoms with E-state index in [9.17, 15) is 9.90 Å². The first-order chi connectivity index (χ1) is 11.6. The van der Waals surface area contributed by atoms with Gasteiger partial charge in [0.15, 0.2) is 0 Å². The van der Waals surface area contributed by atoms with Crippen molar-refractivity contribution < 1.29 is 45.6 Å². The van der Waals surface area contributed by atoms with Crippen molar-refractivity contribution in [2.75, 3.05) is 6.61 Å². The van der Waals surface area contributed by atoms with E-state index in [1.54, 1.807) is 0 Å². The van der Waals surface area contributed by atoms with Crippen molar-refractivity contribution >= 4 is 5.97 Å². The van der Waals surface area contributed by atoms with Gasteiger partial charge >= 0.3 is 35.5 Å². The van der Waals surface area contributed by atoms with Crippen LogP contribution in [0.15, 0.2) is 0 Å². The van der Waals surface area contributed by atoms with Crippen LogP contribution in [0.4, 0.5) is 0 Å². The number of rotatable bonds is 17. The number of hydrogen-bond acceptors (Lipinski definition) is 4. The zero-order chi connectivity index (χ0) is 18.0. The standard InChI is InChI=1S/C20H41NO3.Na.H/c1-3-4-5-6-7-8-9-10-11-12-13-14-15-16-17-24-20(23)19(21)18(2)22;;/h18-19,22H,3-17,21H2,1-2H3;;/q;+1;-1/t18-,19+;;/m1../s1. The molecule has 0 saturated heterocycles. The molecule has 0 heterocycles. The molecule has 0 bridgehead atoms. The average molecular weight is 368 g/mol. The van der Waals surface area contributed by atoms with Crippen LogP contribution in [0.2, 0.25) is 0 Å². The van der Waals surface area contributed by atoms with Crippen molar-refractivity contribution in [1.29, 1.82) is 0 Å². The summed E-state index contributed by atoms with van der Waals surface area (Å²) in [4.78, 5) is 11.4. The summed E-state index contributed by atoms with van der Waals surface area (Å²) in [7, 11) is 0. The molecule has 146 valence electrons. The number of esters is 1. The van der Waals surface area contributed by atoms with Gasteiger partial charge in [-0.1, -0.05) is 90.4 Å². The molecule has 0 spiro atoms. The van der Waals surface area contributed by atoms with Crippen molar-refractivity contribution in [1.82, 2.24) is 0 Å². The third kappa shape index (κ3) is 19.0. The topological polar surface area (TPSA) is 72.5 Å². The number of ether oxygens (including phenoxy) is 1. The van der Waals surface area contributed by atoms with Gasteiger partial charge in [0.25, 0.3) is 0 Å². The molecule has 4 nitrogen and oxygen atoms in total. The van der Waals surface area contributed by atoms with Crippen LogP contribution in [0.5, 0.6) is 0 Å². The van der Waals surface area contributed by atoms with Gasteiger partial charge in [-0.05, 0) is 13.3 Å². The van der Waals surface area contributed by atoms with Gasteiger partial charge in [-0.15, -0.1) is 0 Å². The summed E-state index contributed by atoms with van der Waals surface area (Å²) in [6.07, 6.45) is 17.4. The molecule has 3 N–H and O–H groups in total. The van der Waals surface area contributed by atoms with Crippen molar-refractivity contribution in [3.05, 3.63) is 0 Å². The smallest absolute Gasteiger partial charge is 1.00 e. The average Bonchev–Trinajstić information content (AvgIpc) is 2.57. The SMILES string of the molecule is CCCCCCCCCCCCCCCCOC(=O)[C@@H](N)[C@@H](C)O.[H-].[Na+]. The number of hydrogen-bond donors (Lipinski definition) is 2. The monoisotopic (exact) mass is 367 g/mol. The molecule has 0 fully saturated rings. The summed E-state index contributed by atoms with van der Waals surface area (Å²) in [5.74, 6) is -0.500. The maximum Gasteiger partial charge on any atom is 1.00 e. The van der Waals surface area contributed by atoms with E-state index in [-0.39, 0.29) is 31.0 Å². The summed E-state index contributed by atoms with van der Waals surface area (Å²) >= 11 is 0. The fourth-order valence-corrected chi connectivity index (χ4v) is 2.76. The third-order valence-electron chi connectivity index (χ3n) is 4.53. The van der Waals surface area contributed by atoms with Crippen LogP contribution in [-0.2, 0) is 9.53 Å². The molecule has 0 radical (unpaired) electrons. The molecule has 0 aromatic carbocycles. The Morgan fingerprint density at radius 3 is 1.60 bits per heavy atom. The summed E-state index contributed by atoms with van der Waals surface area (Å²) in [5, 5.41) is 9.19. The molecule has 0 aliphatic heterocycles. The van der Waals surface area contributed by atoms with Gasteiger partial charge in [-0.25, -0.2) is 0 Å². The normalized spacial score (nSPS) is 13.1. The van der Waals surface area contributed by atoms with Gasteiger partial charge in [-0.2, -0.15) is 0 Å². The predicted octanol–water partition coefficient (Wildman–Crippen LogP) is 1.84. The third-order valence-corrected chi connectivity index (χ3v) is 4.53. The molecular weight excluding hydrogens is 325 g/mol. The Balaban J connectivity index is -0.00000264. The molecule has 0 aliphatic rings. The van der Waals surface area contributed by atoms with E-state index in [4.69, 9.17) is 10.5 Å². The molecule has 0 saturated carbocycles. The minimum atomic E-state index is -0.920. The van der Waals surface area contributed by atoms with E-state index in [0.717, 1.165) is 12.8 Å². The Labute approximate surface area is 179 Å². The van der Waals surface area contributed by atoms with Gasteiger partial charge in [0.05, 0.1) is 12.7 Å². The zero-order valence-corrected chi connectivity index (χ0v) is 19.1. The Morgan fingerprint density at radius 1 is 0.880 bits per heavy atom. The Morgan fingerprint density at radius 2 is 1.24 bits per heavy atom. The van der Waals surface area contributed by atoms with Crippen LogP contribution in [0.25, 0.3) is 0 Å². The van der Waals surface area contributed by atoms with Crippen LogP contribution in [0, 0.1) is 0 Å². The molecule has 0 rings (SSSR count). The quantitative estimate of drug-likeness (QED) is 0.234. The van der Waals surface area contributed by atoms with E-state index in [2.05, 4.69) is 6.92 Å². The molecule has 0 aromatic rings. The second kappa shape index (κ2) is 20.7. The van der Waals surface area contributed by atoms with Crippen molar-refractivity contribution in [2.45, 2.75) is 116 Å². The molecule has 5 heteroatoms. The van der Waals surface area contributed by atoms with Crippen molar-refractivity contribution in [3.8, 4) is 0 Å². The number of aliphatic hydroxyl groups is 1. The Bertz CT molecular complexity index is 294. The number of aliphatic hydroxyl groups excluding tert-OH is 1. The van der Waals surface area contributed by atoms with Crippen LogP contribution in [0.3, 0.4) is 0 Å². The predicted molar refractivity (Wildman–Crippen MR) is 102 cm³/mol. The molecule has 0 unspecified atom stereocenters. The van der Waals surface area contributed by atoms with Crippen LogP contribution < -0.4 is 35.3 Å². The molecule has 25 heavy (non-hydrogen) atoms. The second-order valence-corrected chi connectivity index (χ2v) is 7.03. The number of carbonyl (C=O) groups is 1. The van der Waals surface area contributed by atoms with Gasteiger partial charge in [0.1, 0.15) is 6.04 Å². The van der Waals surface area contributed by atoms with Gasteiger partial charge in [0.2, 0.25) is 0 Å². The molecule has 0 aromatic heterocycles. The number of unbranched alkanes of at least 4 members (excludes halogenated alkanes) is 13. The Hall–Kier alpha value is 0.390. The van der Waals surface area contributed by atoms with Crippen LogP contribution in [0.1, 0.15) is 105 Å². The first-order valence-corrected chi connectivity index (χ1v) is 10.2. The van der Waals surface area contributed by atoms with E-state index in [1.807, 2.05) is 0 Å². The summed E-state index contributed by atoms with van der Waals surface area (Å²) in [6.45, 7) is 4.18. The summed E-state index contributed by atoms with van der Waals surface area (Å²) in [5.41, 5.74) is 5.50. The molecule has 0 amide bonds. The van der Waals surface area contributed by atoms with Crippen molar-refractivity contribution in [2.24, 2.45) is 5.73 Å². The first-order valence-electron chi connectivity index (χ1n) is 10.2. The molecular formula is C20H42NNaO3. The summed E-state index contributed by atoms with van der Waals surface area (Å²) < 4.78 is 5.05. The minimum absolute atomic E-state index is 0. The second-order valence-electron chi connectivity index (χ2n) is 7.03. The van der Waals surface area contributed by atoms with E-state index in [1.165, 1.54) is 84.0 Å². The van der Waals surface area contributed by atoms with E-state index in [0.29, 0.717) is 6.61 Å².